The number of carbonyl (C=O) groups is 3. The van der Waals surface area contributed by atoms with Crippen molar-refractivity contribution in [1.82, 2.24) is 9.88 Å². The number of nitrogens with zero attached hydrogens (tertiary/aromatic N) is 2. The summed E-state index contributed by atoms with van der Waals surface area (Å²) >= 11 is 1.26. The first-order valence-corrected chi connectivity index (χ1v) is 9.02. The van der Waals surface area contributed by atoms with Crippen LogP contribution in [0, 0.1) is 0 Å². The zero-order valence-corrected chi connectivity index (χ0v) is 15.6. The number of fused-ring (bicyclic) bond motifs is 1. The number of ether oxygens (including phenoxy) is 1. The van der Waals surface area contributed by atoms with Gasteiger partial charge in [0.1, 0.15) is 5.60 Å². The molecule has 1 N–H and O–H groups in total. The molecule has 0 fully saturated rings. The number of nitrogens with one attached hydrogen (secondary N) is 1. The molecular formula is C18H19N3O4S. The number of imide groups is 1. The number of carbonyl (C=O) groups excluding carboxylic acids is 3. The maximum Gasteiger partial charge on any atom is 0.413 e. The number of thiazole rings is 1. The summed E-state index contributed by atoms with van der Waals surface area (Å²) in [6.07, 6.45) is -0.156. The highest BCUT2D eigenvalue weighted by Crippen LogP contribution is 2.23. The van der Waals surface area contributed by atoms with E-state index in [0.717, 1.165) is 0 Å². The maximum absolute atomic E-state index is 12.3. The zero-order valence-electron chi connectivity index (χ0n) is 14.7. The van der Waals surface area contributed by atoms with Crippen LogP contribution in [-0.4, -0.2) is 39.9 Å². The van der Waals surface area contributed by atoms with Gasteiger partial charge in [-0.15, -0.1) is 11.3 Å². The van der Waals surface area contributed by atoms with Crippen molar-refractivity contribution in [3.63, 3.8) is 0 Å². The molecule has 0 unspecified atom stereocenters. The number of hydrogen-bond acceptors (Lipinski definition) is 6. The first-order valence-electron chi connectivity index (χ1n) is 8.14. The SMILES string of the molecule is CC(C)(C)OC(=O)Nc1nc(CCN2C(=O)c3ccccc3C2=O)cs1. The Morgan fingerprint density at radius 3 is 2.38 bits per heavy atom. The summed E-state index contributed by atoms with van der Waals surface area (Å²) < 4.78 is 5.18. The number of amides is 3. The van der Waals surface area contributed by atoms with Gasteiger partial charge in [-0.25, -0.2) is 9.78 Å². The lowest BCUT2D eigenvalue weighted by Gasteiger charge is -2.18. The predicted octanol–water partition coefficient (Wildman–Crippen LogP) is 3.33. The molecule has 7 nitrogen and oxygen atoms in total. The van der Waals surface area contributed by atoms with Gasteiger partial charge in [-0.2, -0.15) is 0 Å². The second-order valence-electron chi connectivity index (χ2n) is 6.83. The Morgan fingerprint density at radius 1 is 1.19 bits per heavy atom. The molecule has 1 aliphatic rings. The smallest absolute Gasteiger partial charge is 0.413 e. The summed E-state index contributed by atoms with van der Waals surface area (Å²) in [5.74, 6) is -0.569. The van der Waals surface area contributed by atoms with Gasteiger partial charge in [0.05, 0.1) is 16.8 Å². The molecule has 1 aromatic heterocycles. The van der Waals surface area contributed by atoms with Gasteiger partial charge in [0, 0.05) is 18.3 Å². The van der Waals surface area contributed by atoms with Gasteiger partial charge in [-0.1, -0.05) is 12.1 Å². The van der Waals surface area contributed by atoms with Crippen molar-refractivity contribution < 1.29 is 19.1 Å². The number of anilines is 1. The molecule has 3 rings (SSSR count). The van der Waals surface area contributed by atoms with Crippen LogP contribution in [0.1, 0.15) is 47.2 Å². The summed E-state index contributed by atoms with van der Waals surface area (Å²) in [7, 11) is 0. The molecular weight excluding hydrogens is 354 g/mol. The number of benzene rings is 1. The van der Waals surface area contributed by atoms with Crippen LogP contribution >= 0.6 is 11.3 Å². The summed E-state index contributed by atoms with van der Waals surface area (Å²) in [4.78, 5) is 41.9. The summed E-state index contributed by atoms with van der Waals surface area (Å²) in [5, 5.41) is 4.77. The molecule has 0 radical (unpaired) electrons. The second-order valence-corrected chi connectivity index (χ2v) is 7.69. The van der Waals surface area contributed by atoms with E-state index in [-0.39, 0.29) is 18.4 Å². The normalized spacial score (nSPS) is 13.7. The largest absolute Gasteiger partial charge is 0.444 e. The van der Waals surface area contributed by atoms with Gasteiger partial charge < -0.3 is 4.74 Å². The van der Waals surface area contributed by atoms with Crippen molar-refractivity contribution in [2.24, 2.45) is 0 Å². The number of aromatic nitrogens is 1. The lowest BCUT2D eigenvalue weighted by atomic mass is 10.1. The van der Waals surface area contributed by atoms with E-state index in [0.29, 0.717) is 28.4 Å². The van der Waals surface area contributed by atoms with E-state index in [9.17, 15) is 14.4 Å². The number of rotatable bonds is 4. The third-order valence-corrected chi connectivity index (χ3v) is 4.44. The molecule has 3 amide bonds. The summed E-state index contributed by atoms with van der Waals surface area (Å²) in [5.41, 5.74) is 0.971. The van der Waals surface area contributed by atoms with Crippen LogP contribution in [-0.2, 0) is 11.2 Å². The average molecular weight is 373 g/mol. The standard InChI is InChI=1S/C18H19N3O4S/c1-18(2,3)25-17(24)20-16-19-11(10-26-16)8-9-21-14(22)12-6-4-5-7-13(12)15(21)23/h4-7,10H,8-9H2,1-3H3,(H,19,20,24). The fourth-order valence-corrected chi connectivity index (χ4v) is 3.27. The lowest BCUT2D eigenvalue weighted by Crippen LogP contribution is -2.31. The Kier molecular flexibility index (Phi) is 4.78. The molecule has 26 heavy (non-hydrogen) atoms. The lowest BCUT2D eigenvalue weighted by molar-refractivity contribution is 0.0630. The third-order valence-electron chi connectivity index (χ3n) is 3.63. The third kappa shape index (κ3) is 3.91. The monoisotopic (exact) mass is 373 g/mol. The number of hydrogen-bond donors (Lipinski definition) is 1. The van der Waals surface area contributed by atoms with Crippen molar-refractivity contribution in [3.05, 3.63) is 46.5 Å². The van der Waals surface area contributed by atoms with Crippen LogP contribution in [0.4, 0.5) is 9.93 Å². The maximum atomic E-state index is 12.3. The first-order chi connectivity index (χ1) is 12.2. The molecule has 2 aromatic rings. The molecule has 0 saturated heterocycles. The zero-order chi connectivity index (χ0) is 18.9. The Hall–Kier alpha value is -2.74. The van der Waals surface area contributed by atoms with Crippen LogP contribution in [0.5, 0.6) is 0 Å². The van der Waals surface area contributed by atoms with E-state index in [1.54, 1.807) is 50.4 Å². The van der Waals surface area contributed by atoms with Gasteiger partial charge in [0.15, 0.2) is 5.13 Å². The van der Waals surface area contributed by atoms with Gasteiger partial charge in [0.25, 0.3) is 11.8 Å². The second kappa shape index (κ2) is 6.87. The van der Waals surface area contributed by atoms with Crippen molar-refractivity contribution in [1.29, 1.82) is 0 Å². The molecule has 2 heterocycles. The highest BCUT2D eigenvalue weighted by molar-refractivity contribution is 7.13. The van der Waals surface area contributed by atoms with Crippen molar-refractivity contribution >= 4 is 34.4 Å². The first kappa shape index (κ1) is 18.1. The summed E-state index contributed by atoms with van der Waals surface area (Å²) in [6, 6.07) is 6.79. The van der Waals surface area contributed by atoms with Gasteiger partial charge in [-0.05, 0) is 32.9 Å². The van der Waals surface area contributed by atoms with Crippen molar-refractivity contribution in [2.75, 3.05) is 11.9 Å². The van der Waals surface area contributed by atoms with E-state index in [4.69, 9.17) is 4.74 Å². The molecule has 1 aliphatic heterocycles. The van der Waals surface area contributed by atoms with Gasteiger partial charge >= 0.3 is 6.09 Å². The van der Waals surface area contributed by atoms with Crippen LogP contribution in [0.2, 0.25) is 0 Å². The molecule has 0 spiro atoms. The molecule has 0 saturated carbocycles. The molecule has 1 aromatic carbocycles. The minimum Gasteiger partial charge on any atom is -0.444 e. The summed E-state index contributed by atoms with van der Waals surface area (Å²) in [6.45, 7) is 5.58. The van der Waals surface area contributed by atoms with E-state index < -0.39 is 11.7 Å². The predicted molar refractivity (Wildman–Crippen MR) is 97.5 cm³/mol. The molecule has 0 aliphatic carbocycles. The van der Waals surface area contributed by atoms with E-state index in [1.165, 1.54) is 16.2 Å². The van der Waals surface area contributed by atoms with Gasteiger partial charge in [-0.3, -0.25) is 19.8 Å². The van der Waals surface area contributed by atoms with Crippen molar-refractivity contribution in [3.8, 4) is 0 Å². The molecule has 136 valence electrons. The average Bonchev–Trinajstić information content (AvgIpc) is 3.08. The van der Waals surface area contributed by atoms with Crippen molar-refractivity contribution in [2.45, 2.75) is 32.8 Å². The highest BCUT2D eigenvalue weighted by atomic mass is 32.1. The Bertz CT molecular complexity index is 834. The molecule has 8 heteroatoms. The van der Waals surface area contributed by atoms with Crippen LogP contribution in [0.3, 0.4) is 0 Å². The van der Waals surface area contributed by atoms with E-state index in [1.807, 2.05) is 0 Å². The molecule has 0 atom stereocenters. The Morgan fingerprint density at radius 2 is 1.81 bits per heavy atom. The van der Waals surface area contributed by atoms with Crippen LogP contribution in [0.25, 0.3) is 0 Å². The fraction of sp³-hybridized carbons (Fsp3) is 0.333. The molecule has 0 bridgehead atoms. The topological polar surface area (TPSA) is 88.6 Å². The Labute approximate surface area is 155 Å². The Balaban J connectivity index is 1.58. The highest BCUT2D eigenvalue weighted by Gasteiger charge is 2.34. The van der Waals surface area contributed by atoms with Gasteiger partial charge in [0.2, 0.25) is 0 Å². The minimum absolute atomic E-state index is 0.238. The van der Waals surface area contributed by atoms with E-state index in [2.05, 4.69) is 10.3 Å². The quantitative estimate of drug-likeness (QED) is 0.831. The minimum atomic E-state index is -0.588. The van der Waals surface area contributed by atoms with E-state index >= 15 is 0 Å². The van der Waals surface area contributed by atoms with Crippen LogP contribution < -0.4 is 5.32 Å². The fourth-order valence-electron chi connectivity index (χ4n) is 2.54. The van der Waals surface area contributed by atoms with Crippen LogP contribution in [0.15, 0.2) is 29.6 Å².